The summed E-state index contributed by atoms with van der Waals surface area (Å²) in [6, 6.07) is 25.2. The standard InChI is InChI=1S/C25H21BrN4O/c1-16-14-20(10-13-23(16)31)17(2)29-30-24-15-22(18-6-4-3-5-7-18)27-25(28-24)19-8-11-21(26)12-9-19/h3-15,31H,1-2H3,(H,27,28,30)/b29-17-. The number of benzene rings is 3. The van der Waals surface area contributed by atoms with Gasteiger partial charge in [0.15, 0.2) is 11.6 Å². The Kier molecular flexibility index (Phi) is 6.09. The average molecular weight is 473 g/mol. The first-order valence-electron chi connectivity index (χ1n) is 9.80. The molecular weight excluding hydrogens is 452 g/mol. The molecular formula is C25H21BrN4O. The molecule has 0 radical (unpaired) electrons. The lowest BCUT2D eigenvalue weighted by molar-refractivity contribution is 0.471. The zero-order chi connectivity index (χ0) is 21.8. The summed E-state index contributed by atoms with van der Waals surface area (Å²) >= 11 is 3.47. The molecule has 5 nitrogen and oxygen atoms in total. The van der Waals surface area contributed by atoms with E-state index >= 15 is 0 Å². The number of nitrogens with zero attached hydrogens (tertiary/aromatic N) is 3. The van der Waals surface area contributed by atoms with E-state index in [0.29, 0.717) is 11.6 Å². The fraction of sp³-hybridized carbons (Fsp3) is 0.0800. The van der Waals surface area contributed by atoms with Crippen molar-refractivity contribution in [3.05, 3.63) is 94.5 Å². The van der Waals surface area contributed by atoms with E-state index in [-0.39, 0.29) is 5.75 Å². The van der Waals surface area contributed by atoms with Crippen LogP contribution in [0.4, 0.5) is 5.82 Å². The number of nitrogens with one attached hydrogen (secondary N) is 1. The summed E-state index contributed by atoms with van der Waals surface area (Å²) in [7, 11) is 0. The highest BCUT2D eigenvalue weighted by Gasteiger charge is 2.09. The van der Waals surface area contributed by atoms with Crippen LogP contribution in [-0.4, -0.2) is 20.8 Å². The highest BCUT2D eigenvalue weighted by atomic mass is 79.9. The maximum absolute atomic E-state index is 9.75. The van der Waals surface area contributed by atoms with E-state index in [4.69, 9.17) is 4.98 Å². The smallest absolute Gasteiger partial charge is 0.162 e. The topological polar surface area (TPSA) is 70.4 Å². The zero-order valence-electron chi connectivity index (χ0n) is 17.2. The number of phenolic OH excluding ortho intramolecular Hbond substituents is 1. The van der Waals surface area contributed by atoms with Crippen LogP contribution in [0.3, 0.4) is 0 Å². The lowest BCUT2D eigenvalue weighted by atomic mass is 10.1. The average Bonchev–Trinajstić information content (AvgIpc) is 2.80. The third-order valence-corrected chi connectivity index (χ3v) is 5.38. The van der Waals surface area contributed by atoms with Crippen molar-refractivity contribution in [3.8, 4) is 28.4 Å². The van der Waals surface area contributed by atoms with Crippen molar-refractivity contribution in [3.63, 3.8) is 0 Å². The molecule has 2 N–H and O–H groups in total. The third-order valence-electron chi connectivity index (χ3n) is 4.85. The highest BCUT2D eigenvalue weighted by Crippen LogP contribution is 2.25. The molecule has 31 heavy (non-hydrogen) atoms. The molecule has 0 saturated carbocycles. The quantitative estimate of drug-likeness (QED) is 0.259. The van der Waals surface area contributed by atoms with Crippen molar-refractivity contribution < 1.29 is 5.11 Å². The molecule has 0 atom stereocenters. The molecule has 0 fully saturated rings. The van der Waals surface area contributed by atoms with E-state index in [2.05, 4.69) is 31.4 Å². The van der Waals surface area contributed by atoms with Crippen LogP contribution >= 0.6 is 15.9 Å². The van der Waals surface area contributed by atoms with Gasteiger partial charge in [-0.25, -0.2) is 9.97 Å². The number of hydrogen-bond donors (Lipinski definition) is 2. The molecule has 4 rings (SSSR count). The van der Waals surface area contributed by atoms with Gasteiger partial charge in [0.2, 0.25) is 0 Å². The van der Waals surface area contributed by atoms with Gasteiger partial charge in [-0.05, 0) is 55.3 Å². The second-order valence-electron chi connectivity index (χ2n) is 7.15. The molecule has 0 bridgehead atoms. The fourth-order valence-corrected chi connectivity index (χ4v) is 3.34. The summed E-state index contributed by atoms with van der Waals surface area (Å²) in [6.07, 6.45) is 0. The van der Waals surface area contributed by atoms with Crippen LogP contribution in [0, 0.1) is 6.92 Å². The molecule has 0 spiro atoms. The maximum Gasteiger partial charge on any atom is 0.162 e. The molecule has 0 saturated heterocycles. The summed E-state index contributed by atoms with van der Waals surface area (Å²) < 4.78 is 0.998. The number of aryl methyl sites for hydroxylation is 1. The monoisotopic (exact) mass is 472 g/mol. The summed E-state index contributed by atoms with van der Waals surface area (Å²) in [4.78, 5) is 9.44. The zero-order valence-corrected chi connectivity index (χ0v) is 18.8. The molecule has 6 heteroatoms. The van der Waals surface area contributed by atoms with Crippen molar-refractivity contribution in [1.82, 2.24) is 9.97 Å². The molecule has 1 aromatic heterocycles. The number of anilines is 1. The van der Waals surface area contributed by atoms with E-state index in [1.165, 1.54) is 0 Å². The largest absolute Gasteiger partial charge is 0.508 e. The summed E-state index contributed by atoms with van der Waals surface area (Å²) in [5.74, 6) is 1.48. The van der Waals surface area contributed by atoms with E-state index in [9.17, 15) is 5.11 Å². The van der Waals surface area contributed by atoms with Crippen LogP contribution in [0.1, 0.15) is 18.1 Å². The van der Waals surface area contributed by atoms with E-state index in [1.54, 1.807) is 6.07 Å². The molecule has 0 unspecified atom stereocenters. The Bertz CT molecular complexity index is 1240. The van der Waals surface area contributed by atoms with E-state index < -0.39 is 0 Å². The van der Waals surface area contributed by atoms with Gasteiger partial charge in [-0.2, -0.15) is 5.10 Å². The van der Waals surface area contributed by atoms with Gasteiger partial charge in [-0.3, -0.25) is 5.43 Å². The lowest BCUT2D eigenvalue weighted by Gasteiger charge is -2.10. The Hall–Kier alpha value is -3.51. The van der Waals surface area contributed by atoms with E-state index in [0.717, 1.165) is 38.1 Å². The number of halogens is 1. The minimum Gasteiger partial charge on any atom is -0.508 e. The molecule has 4 aromatic rings. The molecule has 0 aliphatic rings. The van der Waals surface area contributed by atoms with Crippen LogP contribution < -0.4 is 5.43 Å². The van der Waals surface area contributed by atoms with Gasteiger partial charge in [0.25, 0.3) is 0 Å². The van der Waals surface area contributed by atoms with Crippen LogP contribution in [0.15, 0.2) is 88.4 Å². The van der Waals surface area contributed by atoms with Crippen molar-refractivity contribution in [1.29, 1.82) is 0 Å². The second kappa shape index (κ2) is 9.10. The van der Waals surface area contributed by atoms with Gasteiger partial charge in [0.05, 0.1) is 11.4 Å². The Morgan fingerprint density at radius 2 is 1.65 bits per heavy atom. The summed E-state index contributed by atoms with van der Waals surface area (Å²) in [5.41, 5.74) is 8.31. The maximum atomic E-state index is 9.75. The van der Waals surface area contributed by atoms with Gasteiger partial charge in [-0.15, -0.1) is 0 Å². The number of rotatable bonds is 5. The Morgan fingerprint density at radius 3 is 2.35 bits per heavy atom. The van der Waals surface area contributed by atoms with Gasteiger partial charge in [0.1, 0.15) is 5.75 Å². The molecule has 154 valence electrons. The predicted octanol–water partition coefficient (Wildman–Crippen LogP) is 6.42. The number of aromatic hydroxyl groups is 1. The summed E-state index contributed by atoms with van der Waals surface area (Å²) in [6.45, 7) is 3.77. The lowest BCUT2D eigenvalue weighted by Crippen LogP contribution is -2.03. The van der Waals surface area contributed by atoms with Crippen molar-refractivity contribution in [2.24, 2.45) is 5.10 Å². The summed E-state index contributed by atoms with van der Waals surface area (Å²) in [5, 5.41) is 14.3. The molecule has 0 amide bonds. The Labute approximate surface area is 189 Å². The number of hydrogen-bond acceptors (Lipinski definition) is 5. The fourth-order valence-electron chi connectivity index (χ4n) is 3.08. The van der Waals surface area contributed by atoms with Crippen LogP contribution in [0.2, 0.25) is 0 Å². The number of phenols is 1. The Morgan fingerprint density at radius 1 is 0.903 bits per heavy atom. The van der Waals surface area contributed by atoms with Gasteiger partial charge in [0, 0.05) is 21.7 Å². The second-order valence-corrected chi connectivity index (χ2v) is 8.06. The van der Waals surface area contributed by atoms with Crippen molar-refractivity contribution >= 4 is 27.5 Å². The van der Waals surface area contributed by atoms with Crippen molar-refractivity contribution in [2.45, 2.75) is 13.8 Å². The molecule has 0 aliphatic heterocycles. The van der Waals surface area contributed by atoms with Gasteiger partial charge in [-0.1, -0.05) is 58.4 Å². The minimum atomic E-state index is 0.270. The third kappa shape index (κ3) is 4.98. The number of aromatic nitrogens is 2. The first-order valence-corrected chi connectivity index (χ1v) is 10.6. The van der Waals surface area contributed by atoms with Crippen LogP contribution in [-0.2, 0) is 0 Å². The molecule has 1 heterocycles. The van der Waals surface area contributed by atoms with Gasteiger partial charge >= 0.3 is 0 Å². The highest BCUT2D eigenvalue weighted by molar-refractivity contribution is 9.10. The normalized spacial score (nSPS) is 11.4. The predicted molar refractivity (Wildman–Crippen MR) is 129 cm³/mol. The van der Waals surface area contributed by atoms with Gasteiger partial charge < -0.3 is 5.11 Å². The first kappa shape index (κ1) is 20.8. The SMILES string of the molecule is C/C(=N/Nc1cc(-c2ccccc2)nc(-c2ccc(Br)cc2)n1)c1ccc(O)c(C)c1. The van der Waals surface area contributed by atoms with Crippen LogP contribution in [0.5, 0.6) is 5.75 Å². The van der Waals surface area contributed by atoms with E-state index in [1.807, 2.05) is 86.6 Å². The first-order chi connectivity index (χ1) is 15.0. The van der Waals surface area contributed by atoms with Crippen LogP contribution in [0.25, 0.3) is 22.6 Å². The number of hydrazone groups is 1. The minimum absolute atomic E-state index is 0.270. The molecule has 3 aromatic carbocycles. The Balaban J connectivity index is 1.71. The van der Waals surface area contributed by atoms with Crippen molar-refractivity contribution in [2.75, 3.05) is 5.43 Å². The molecule has 0 aliphatic carbocycles.